The van der Waals surface area contributed by atoms with E-state index in [2.05, 4.69) is 13.5 Å². The molecule has 1 rings (SSSR count). The van der Waals surface area contributed by atoms with Crippen molar-refractivity contribution in [3.05, 3.63) is 12.2 Å². The number of hydrogen-bond donors (Lipinski definition) is 0. The molecule has 2 unspecified atom stereocenters. The lowest BCUT2D eigenvalue weighted by Crippen LogP contribution is -2.43. The maximum Gasteiger partial charge on any atom is 0.333 e. The van der Waals surface area contributed by atoms with Crippen molar-refractivity contribution >= 4 is 5.97 Å². The van der Waals surface area contributed by atoms with E-state index in [1.54, 1.807) is 6.92 Å². The van der Waals surface area contributed by atoms with E-state index in [0.717, 1.165) is 6.61 Å². The van der Waals surface area contributed by atoms with Crippen LogP contribution in [0.3, 0.4) is 0 Å². The fourth-order valence-electron chi connectivity index (χ4n) is 1.57. The van der Waals surface area contributed by atoms with E-state index in [1.807, 2.05) is 0 Å². The Morgan fingerprint density at radius 1 is 1.60 bits per heavy atom. The zero-order valence-corrected chi connectivity index (χ0v) is 9.62. The predicted octanol–water partition coefficient (Wildman–Crippen LogP) is 2.31. The van der Waals surface area contributed by atoms with Crippen molar-refractivity contribution < 1.29 is 14.3 Å². The molecule has 0 aromatic carbocycles. The largest absolute Gasteiger partial charge is 0.460 e. The third-order valence-electron chi connectivity index (χ3n) is 2.71. The summed E-state index contributed by atoms with van der Waals surface area (Å²) in [6.07, 6.45) is 3.71. The Morgan fingerprint density at radius 2 is 2.33 bits per heavy atom. The molecule has 3 nitrogen and oxygen atoms in total. The number of hydrogen-bond acceptors (Lipinski definition) is 3. The minimum Gasteiger partial charge on any atom is -0.460 e. The molecule has 86 valence electrons. The molecule has 1 fully saturated rings. The van der Waals surface area contributed by atoms with Gasteiger partial charge in [0.15, 0.2) is 0 Å². The van der Waals surface area contributed by atoms with Gasteiger partial charge >= 0.3 is 5.97 Å². The third-order valence-corrected chi connectivity index (χ3v) is 2.71. The lowest BCUT2D eigenvalue weighted by atomic mass is 9.93. The SMILES string of the molecule is C=C(C)C(=O)OCC1OCC1CCCC. The van der Waals surface area contributed by atoms with Crippen molar-refractivity contribution in [1.82, 2.24) is 0 Å². The van der Waals surface area contributed by atoms with Gasteiger partial charge in [0.25, 0.3) is 0 Å². The van der Waals surface area contributed by atoms with Crippen LogP contribution in [0.25, 0.3) is 0 Å². The van der Waals surface area contributed by atoms with Gasteiger partial charge in [0, 0.05) is 11.5 Å². The van der Waals surface area contributed by atoms with Crippen molar-refractivity contribution in [3.8, 4) is 0 Å². The zero-order chi connectivity index (χ0) is 11.3. The van der Waals surface area contributed by atoms with Crippen LogP contribution in [0, 0.1) is 5.92 Å². The van der Waals surface area contributed by atoms with Gasteiger partial charge in [-0.15, -0.1) is 0 Å². The lowest BCUT2D eigenvalue weighted by Gasteiger charge is -2.36. The lowest BCUT2D eigenvalue weighted by molar-refractivity contribution is -0.165. The van der Waals surface area contributed by atoms with Crippen LogP contribution in [0.5, 0.6) is 0 Å². The maximum atomic E-state index is 11.1. The quantitative estimate of drug-likeness (QED) is 0.500. The van der Waals surface area contributed by atoms with Crippen LogP contribution in [0.1, 0.15) is 33.1 Å². The first kappa shape index (κ1) is 12.2. The highest BCUT2D eigenvalue weighted by Gasteiger charge is 2.32. The normalized spacial score (nSPS) is 24.4. The smallest absolute Gasteiger partial charge is 0.333 e. The van der Waals surface area contributed by atoms with E-state index in [0.29, 0.717) is 18.1 Å². The predicted molar refractivity (Wildman–Crippen MR) is 58.5 cm³/mol. The molecule has 2 atom stereocenters. The minimum atomic E-state index is -0.320. The Labute approximate surface area is 91.4 Å². The highest BCUT2D eigenvalue weighted by Crippen LogP contribution is 2.26. The molecular formula is C12H20O3. The first-order chi connectivity index (χ1) is 7.15. The fraction of sp³-hybridized carbons (Fsp3) is 0.750. The Hall–Kier alpha value is -0.830. The monoisotopic (exact) mass is 212 g/mol. The van der Waals surface area contributed by atoms with E-state index >= 15 is 0 Å². The summed E-state index contributed by atoms with van der Waals surface area (Å²) in [6, 6.07) is 0. The number of rotatable bonds is 6. The second-order valence-electron chi connectivity index (χ2n) is 4.15. The average Bonchev–Trinajstić information content (AvgIpc) is 2.16. The second-order valence-corrected chi connectivity index (χ2v) is 4.15. The summed E-state index contributed by atoms with van der Waals surface area (Å²) in [4.78, 5) is 11.1. The summed E-state index contributed by atoms with van der Waals surface area (Å²) in [5.41, 5.74) is 0.444. The number of carbonyl (C=O) groups excluding carboxylic acids is 1. The van der Waals surface area contributed by atoms with Gasteiger partial charge in [-0.2, -0.15) is 0 Å². The molecule has 1 aliphatic heterocycles. The number of esters is 1. The Balaban J connectivity index is 2.16. The first-order valence-electron chi connectivity index (χ1n) is 5.59. The second kappa shape index (κ2) is 5.91. The summed E-state index contributed by atoms with van der Waals surface area (Å²) in [7, 11) is 0. The van der Waals surface area contributed by atoms with Crippen molar-refractivity contribution in [2.45, 2.75) is 39.2 Å². The minimum absolute atomic E-state index is 0.111. The van der Waals surface area contributed by atoms with Gasteiger partial charge in [0.05, 0.1) is 12.7 Å². The van der Waals surface area contributed by atoms with Gasteiger partial charge < -0.3 is 9.47 Å². The van der Waals surface area contributed by atoms with E-state index in [9.17, 15) is 4.79 Å². The summed E-state index contributed by atoms with van der Waals surface area (Å²) in [5, 5.41) is 0. The van der Waals surface area contributed by atoms with Crippen LogP contribution in [-0.4, -0.2) is 25.3 Å². The molecule has 0 aromatic rings. The molecule has 1 aliphatic rings. The Bertz CT molecular complexity index is 235. The summed E-state index contributed by atoms with van der Waals surface area (Å²) < 4.78 is 10.4. The topological polar surface area (TPSA) is 35.5 Å². The third kappa shape index (κ3) is 3.67. The summed E-state index contributed by atoms with van der Waals surface area (Å²) >= 11 is 0. The van der Waals surface area contributed by atoms with E-state index in [1.165, 1.54) is 19.3 Å². The molecule has 1 saturated heterocycles. The highest BCUT2D eigenvalue weighted by molar-refractivity contribution is 5.86. The van der Waals surface area contributed by atoms with E-state index in [4.69, 9.17) is 9.47 Å². The van der Waals surface area contributed by atoms with Crippen molar-refractivity contribution in [3.63, 3.8) is 0 Å². The number of carbonyl (C=O) groups is 1. The fourth-order valence-corrected chi connectivity index (χ4v) is 1.57. The molecule has 0 saturated carbocycles. The van der Waals surface area contributed by atoms with E-state index < -0.39 is 0 Å². The maximum absolute atomic E-state index is 11.1. The number of ether oxygens (including phenoxy) is 2. The summed E-state index contributed by atoms with van der Waals surface area (Å²) in [5.74, 6) is 0.252. The molecule has 1 heterocycles. The van der Waals surface area contributed by atoms with Crippen molar-refractivity contribution in [1.29, 1.82) is 0 Å². The molecule has 0 aromatic heterocycles. The molecule has 0 amide bonds. The van der Waals surface area contributed by atoms with Crippen molar-refractivity contribution in [2.24, 2.45) is 5.92 Å². The average molecular weight is 212 g/mol. The van der Waals surface area contributed by atoms with E-state index in [-0.39, 0.29) is 12.1 Å². The Kier molecular flexibility index (Phi) is 4.82. The molecule has 0 radical (unpaired) electrons. The van der Waals surface area contributed by atoms with Gasteiger partial charge in [-0.3, -0.25) is 0 Å². The summed E-state index contributed by atoms with van der Waals surface area (Å²) in [6.45, 7) is 8.55. The molecule has 0 bridgehead atoms. The molecule has 0 aliphatic carbocycles. The molecule has 15 heavy (non-hydrogen) atoms. The van der Waals surface area contributed by atoms with Gasteiger partial charge in [0.2, 0.25) is 0 Å². The molecular weight excluding hydrogens is 192 g/mol. The molecule has 3 heteroatoms. The van der Waals surface area contributed by atoms with Crippen LogP contribution in [0.2, 0.25) is 0 Å². The van der Waals surface area contributed by atoms with Crippen LogP contribution in [-0.2, 0) is 14.3 Å². The molecule has 0 N–H and O–H groups in total. The number of unbranched alkanes of at least 4 members (excludes halogenated alkanes) is 1. The Morgan fingerprint density at radius 3 is 2.80 bits per heavy atom. The van der Waals surface area contributed by atoms with Gasteiger partial charge in [-0.1, -0.05) is 26.3 Å². The van der Waals surface area contributed by atoms with Crippen LogP contribution in [0.4, 0.5) is 0 Å². The van der Waals surface area contributed by atoms with Crippen LogP contribution < -0.4 is 0 Å². The van der Waals surface area contributed by atoms with Crippen LogP contribution >= 0.6 is 0 Å². The zero-order valence-electron chi connectivity index (χ0n) is 9.62. The van der Waals surface area contributed by atoms with Crippen LogP contribution in [0.15, 0.2) is 12.2 Å². The molecule has 0 spiro atoms. The van der Waals surface area contributed by atoms with Gasteiger partial charge in [-0.25, -0.2) is 4.79 Å². The van der Waals surface area contributed by atoms with Gasteiger partial charge in [-0.05, 0) is 13.3 Å². The first-order valence-corrected chi connectivity index (χ1v) is 5.59. The van der Waals surface area contributed by atoms with Gasteiger partial charge in [0.1, 0.15) is 6.61 Å². The highest BCUT2D eigenvalue weighted by atomic mass is 16.6. The van der Waals surface area contributed by atoms with Crippen molar-refractivity contribution in [2.75, 3.05) is 13.2 Å². The standard InChI is InChI=1S/C12H20O3/c1-4-5-6-10-7-14-11(10)8-15-12(13)9(2)3/h10-11H,2,4-8H2,1,3H3.